The molecule has 0 saturated carbocycles. The van der Waals surface area contributed by atoms with Crippen molar-refractivity contribution < 1.29 is 9.72 Å². The number of carbonyl (C=O) groups is 1. The quantitative estimate of drug-likeness (QED) is 0.475. The molecule has 6 nitrogen and oxygen atoms in total. The Bertz CT molecular complexity index is 745. The summed E-state index contributed by atoms with van der Waals surface area (Å²) < 4.78 is 0. The van der Waals surface area contributed by atoms with Crippen molar-refractivity contribution in [3.8, 4) is 0 Å². The number of carbonyl (C=O) groups excluding carboxylic acids is 1. The van der Waals surface area contributed by atoms with Crippen molar-refractivity contribution in [3.63, 3.8) is 0 Å². The van der Waals surface area contributed by atoms with E-state index < -0.39 is 4.92 Å². The molecule has 0 bridgehead atoms. The number of aryl methyl sites for hydroxylation is 1. The van der Waals surface area contributed by atoms with Gasteiger partial charge in [-0.1, -0.05) is 42.0 Å². The van der Waals surface area contributed by atoms with E-state index in [0.717, 1.165) is 11.3 Å². The van der Waals surface area contributed by atoms with Crippen molar-refractivity contribution >= 4 is 29.6 Å². The predicted octanol–water partition coefficient (Wildman–Crippen LogP) is 3.29. The van der Waals surface area contributed by atoms with Crippen LogP contribution in [0.4, 0.5) is 5.69 Å². The summed E-state index contributed by atoms with van der Waals surface area (Å²) in [7, 11) is 0. The van der Waals surface area contributed by atoms with Crippen molar-refractivity contribution in [2.45, 2.75) is 12.7 Å². The van der Waals surface area contributed by atoms with Crippen LogP contribution in [0.5, 0.6) is 0 Å². The average Bonchev–Trinajstić information content (AvgIpc) is 2.57. The van der Waals surface area contributed by atoms with Crippen molar-refractivity contribution in [1.29, 1.82) is 0 Å². The Hall–Kier alpha value is -2.67. The van der Waals surface area contributed by atoms with Gasteiger partial charge in [-0.3, -0.25) is 14.9 Å². The van der Waals surface area contributed by atoms with E-state index in [1.807, 2.05) is 31.2 Å². The van der Waals surface area contributed by atoms with Crippen LogP contribution in [-0.4, -0.2) is 22.8 Å². The molecule has 1 amide bonds. The number of hydrogen-bond acceptors (Lipinski definition) is 5. The number of nitrogens with one attached hydrogen (secondary N) is 1. The summed E-state index contributed by atoms with van der Waals surface area (Å²) >= 11 is 1.48. The number of hydrogen-bond donors (Lipinski definition) is 1. The smallest absolute Gasteiger partial charge is 0.272 e. The summed E-state index contributed by atoms with van der Waals surface area (Å²) in [5.41, 5.74) is 5.03. The zero-order valence-electron chi connectivity index (χ0n) is 13.1. The number of para-hydroxylation sites is 1. The van der Waals surface area contributed by atoms with E-state index in [2.05, 4.69) is 10.5 Å². The molecule has 2 rings (SSSR count). The van der Waals surface area contributed by atoms with E-state index in [1.165, 1.54) is 29.6 Å². The molecule has 2 aromatic carbocycles. The van der Waals surface area contributed by atoms with Crippen molar-refractivity contribution in [3.05, 3.63) is 75.3 Å². The molecule has 0 radical (unpaired) electrons. The minimum Gasteiger partial charge on any atom is -0.272 e. The average molecular weight is 343 g/mol. The summed E-state index contributed by atoms with van der Waals surface area (Å²) in [6.45, 7) is 2.03. The first-order valence-corrected chi connectivity index (χ1v) is 8.40. The molecular formula is C17H17N3O3S. The summed E-state index contributed by atoms with van der Waals surface area (Å²) in [6, 6.07) is 14.4. The lowest BCUT2D eigenvalue weighted by Crippen LogP contribution is -2.19. The molecule has 7 heteroatoms. The Morgan fingerprint density at radius 3 is 2.67 bits per heavy atom. The SMILES string of the molecule is Cc1ccc(CSCC(=O)N/N=C/c2ccccc2[N+](=O)[O-])cc1. The maximum Gasteiger partial charge on any atom is 0.278 e. The first-order valence-electron chi connectivity index (χ1n) is 7.25. The van der Waals surface area contributed by atoms with Crippen LogP contribution in [0.2, 0.25) is 0 Å². The van der Waals surface area contributed by atoms with Crippen LogP contribution in [0.1, 0.15) is 16.7 Å². The summed E-state index contributed by atoms with van der Waals surface area (Å²) in [4.78, 5) is 22.1. The zero-order valence-corrected chi connectivity index (χ0v) is 14.0. The van der Waals surface area contributed by atoms with E-state index in [1.54, 1.807) is 18.2 Å². The zero-order chi connectivity index (χ0) is 17.4. The molecule has 2 aromatic rings. The first-order chi connectivity index (χ1) is 11.6. The van der Waals surface area contributed by atoms with Gasteiger partial charge in [0.1, 0.15) is 0 Å². The van der Waals surface area contributed by atoms with Gasteiger partial charge in [-0.2, -0.15) is 5.10 Å². The molecule has 0 aliphatic rings. The van der Waals surface area contributed by atoms with E-state index in [-0.39, 0.29) is 17.3 Å². The largest absolute Gasteiger partial charge is 0.278 e. The maximum atomic E-state index is 11.7. The first kappa shape index (κ1) is 17.7. The van der Waals surface area contributed by atoms with E-state index in [0.29, 0.717) is 5.56 Å². The summed E-state index contributed by atoms with van der Waals surface area (Å²) in [5, 5.41) is 14.6. The Kier molecular flexibility index (Phi) is 6.51. The van der Waals surface area contributed by atoms with Crippen LogP contribution < -0.4 is 5.43 Å². The number of thioether (sulfide) groups is 1. The molecule has 0 unspecified atom stereocenters. The standard InChI is InChI=1S/C17H17N3O3S/c1-13-6-8-14(9-7-13)11-24-12-17(21)19-18-10-15-4-2-3-5-16(15)20(22)23/h2-10H,11-12H2,1H3,(H,19,21)/b18-10+. The van der Waals surface area contributed by atoms with Crippen LogP contribution in [0, 0.1) is 17.0 Å². The lowest BCUT2D eigenvalue weighted by molar-refractivity contribution is -0.385. The van der Waals surface area contributed by atoms with E-state index in [9.17, 15) is 14.9 Å². The molecule has 0 heterocycles. The van der Waals surface area contributed by atoms with Crippen molar-refractivity contribution in [2.75, 3.05) is 5.75 Å². The van der Waals surface area contributed by atoms with Gasteiger partial charge in [0.15, 0.2) is 0 Å². The van der Waals surface area contributed by atoms with Gasteiger partial charge in [0.25, 0.3) is 5.69 Å². The summed E-state index contributed by atoms with van der Waals surface area (Å²) in [6.07, 6.45) is 1.28. The van der Waals surface area contributed by atoms with Crippen LogP contribution in [-0.2, 0) is 10.5 Å². The third kappa shape index (κ3) is 5.51. The van der Waals surface area contributed by atoms with Crippen molar-refractivity contribution in [2.24, 2.45) is 5.10 Å². The minimum absolute atomic E-state index is 0.0516. The van der Waals surface area contributed by atoms with Crippen LogP contribution in [0.25, 0.3) is 0 Å². The fraction of sp³-hybridized carbons (Fsp3) is 0.176. The predicted molar refractivity (Wildman–Crippen MR) is 96.2 cm³/mol. The van der Waals surface area contributed by atoms with Gasteiger partial charge in [-0.15, -0.1) is 11.8 Å². The Morgan fingerprint density at radius 1 is 1.25 bits per heavy atom. The van der Waals surface area contributed by atoms with E-state index >= 15 is 0 Å². The molecule has 0 fully saturated rings. The van der Waals surface area contributed by atoms with Crippen LogP contribution in [0.3, 0.4) is 0 Å². The van der Waals surface area contributed by atoms with Gasteiger partial charge in [-0.25, -0.2) is 5.43 Å². The lowest BCUT2D eigenvalue weighted by atomic mass is 10.2. The van der Waals surface area contributed by atoms with Gasteiger partial charge >= 0.3 is 0 Å². The van der Waals surface area contributed by atoms with Gasteiger partial charge in [0.2, 0.25) is 5.91 Å². The molecule has 0 aliphatic heterocycles. The molecule has 0 aliphatic carbocycles. The second-order valence-electron chi connectivity index (χ2n) is 5.09. The Morgan fingerprint density at radius 2 is 1.96 bits per heavy atom. The number of nitro groups is 1. The third-order valence-corrected chi connectivity index (χ3v) is 4.15. The molecule has 0 spiro atoms. The Balaban J connectivity index is 1.79. The number of nitrogens with zero attached hydrogens (tertiary/aromatic N) is 2. The number of nitro benzene ring substituents is 1. The highest BCUT2D eigenvalue weighted by Gasteiger charge is 2.10. The number of amides is 1. The molecule has 124 valence electrons. The minimum atomic E-state index is -0.486. The lowest BCUT2D eigenvalue weighted by Gasteiger charge is -2.02. The van der Waals surface area contributed by atoms with Gasteiger partial charge in [0.05, 0.1) is 22.5 Å². The molecule has 0 aromatic heterocycles. The van der Waals surface area contributed by atoms with Gasteiger partial charge in [0, 0.05) is 11.8 Å². The molecule has 24 heavy (non-hydrogen) atoms. The number of benzene rings is 2. The second-order valence-corrected chi connectivity index (χ2v) is 6.07. The summed E-state index contributed by atoms with van der Waals surface area (Å²) in [5.74, 6) is 0.755. The molecular weight excluding hydrogens is 326 g/mol. The normalized spacial score (nSPS) is 10.7. The number of hydrazone groups is 1. The second kappa shape index (κ2) is 8.83. The molecule has 0 atom stereocenters. The third-order valence-electron chi connectivity index (χ3n) is 3.15. The fourth-order valence-corrected chi connectivity index (χ4v) is 2.70. The molecule has 0 saturated heterocycles. The number of rotatable bonds is 7. The highest BCUT2D eigenvalue weighted by molar-refractivity contribution is 7.99. The topological polar surface area (TPSA) is 84.6 Å². The maximum absolute atomic E-state index is 11.7. The Labute approximate surface area is 144 Å². The monoisotopic (exact) mass is 343 g/mol. The van der Waals surface area contributed by atoms with Gasteiger partial charge < -0.3 is 0 Å². The van der Waals surface area contributed by atoms with Gasteiger partial charge in [-0.05, 0) is 18.6 Å². The van der Waals surface area contributed by atoms with Crippen LogP contribution in [0.15, 0.2) is 53.6 Å². The van der Waals surface area contributed by atoms with Crippen molar-refractivity contribution in [1.82, 2.24) is 5.43 Å². The molecule has 1 N–H and O–H groups in total. The highest BCUT2D eigenvalue weighted by Crippen LogP contribution is 2.15. The van der Waals surface area contributed by atoms with Crippen LogP contribution >= 0.6 is 11.8 Å². The van der Waals surface area contributed by atoms with E-state index in [4.69, 9.17) is 0 Å². The fourth-order valence-electron chi connectivity index (χ4n) is 1.91. The highest BCUT2D eigenvalue weighted by atomic mass is 32.2.